The zero-order valence-electron chi connectivity index (χ0n) is 15.7. The highest BCUT2D eigenvalue weighted by molar-refractivity contribution is 7.89. The smallest absolute Gasteiger partial charge is 0.242 e. The van der Waals surface area contributed by atoms with E-state index in [0.717, 1.165) is 37.3 Å². The number of nitrogens with zero attached hydrogens (tertiary/aromatic N) is 1. The van der Waals surface area contributed by atoms with E-state index in [1.807, 2.05) is 24.3 Å². The van der Waals surface area contributed by atoms with Crippen LogP contribution >= 0.6 is 0 Å². The molecule has 0 bridgehead atoms. The van der Waals surface area contributed by atoms with Crippen LogP contribution in [0.2, 0.25) is 0 Å². The second-order valence-corrected chi connectivity index (χ2v) is 8.53. The maximum absolute atomic E-state index is 12.1. The van der Waals surface area contributed by atoms with E-state index in [1.165, 1.54) is 24.0 Å². The Morgan fingerprint density at radius 1 is 0.923 bits per heavy atom. The maximum Gasteiger partial charge on any atom is 0.242 e. The lowest BCUT2D eigenvalue weighted by Gasteiger charge is -2.12. The molecule has 26 heavy (non-hydrogen) atoms. The Hall–Kier alpha value is -1.89. The van der Waals surface area contributed by atoms with Gasteiger partial charge in [0.15, 0.2) is 0 Å². The summed E-state index contributed by atoms with van der Waals surface area (Å²) < 4.78 is 31.0. The van der Waals surface area contributed by atoms with Gasteiger partial charge in [0.1, 0.15) is 5.75 Å². The summed E-state index contributed by atoms with van der Waals surface area (Å²) >= 11 is 0. The molecule has 2 aromatic carbocycles. The summed E-state index contributed by atoms with van der Waals surface area (Å²) in [5, 5.41) is 3.37. The van der Waals surface area contributed by atoms with Gasteiger partial charge in [0, 0.05) is 27.2 Å². The fourth-order valence-electron chi connectivity index (χ4n) is 2.38. The Bertz CT molecular complexity index is 770. The molecule has 0 aliphatic heterocycles. The molecule has 0 aromatic heterocycles. The summed E-state index contributed by atoms with van der Waals surface area (Å²) in [5.74, 6) is 0.903. The molecule has 0 aliphatic carbocycles. The fraction of sp³-hybridized carbons (Fsp3) is 0.400. The first kappa shape index (κ1) is 20.4. The third kappa shape index (κ3) is 5.83. The minimum atomic E-state index is -3.37. The molecular formula is C20H28N2O3S. The van der Waals surface area contributed by atoms with Crippen molar-refractivity contribution >= 4 is 10.0 Å². The van der Waals surface area contributed by atoms with E-state index < -0.39 is 10.0 Å². The molecule has 0 fully saturated rings. The molecule has 2 rings (SSSR count). The van der Waals surface area contributed by atoms with Crippen molar-refractivity contribution in [2.45, 2.75) is 37.8 Å². The van der Waals surface area contributed by atoms with Gasteiger partial charge in [-0.15, -0.1) is 0 Å². The molecular weight excluding hydrogens is 348 g/mol. The van der Waals surface area contributed by atoms with Gasteiger partial charge in [0.2, 0.25) is 10.0 Å². The minimum Gasteiger partial charge on any atom is -0.494 e. The number of benzene rings is 2. The molecule has 2 aromatic rings. The number of rotatable bonds is 10. The first-order valence-electron chi connectivity index (χ1n) is 8.87. The quantitative estimate of drug-likeness (QED) is 0.646. The molecule has 0 aliphatic rings. The predicted octanol–water partition coefficient (Wildman–Crippen LogP) is 3.41. The average Bonchev–Trinajstić information content (AvgIpc) is 2.63. The van der Waals surface area contributed by atoms with Crippen LogP contribution in [-0.2, 0) is 23.1 Å². The number of nitrogens with one attached hydrogen (secondary N) is 1. The van der Waals surface area contributed by atoms with Crippen molar-refractivity contribution in [3.05, 3.63) is 59.7 Å². The van der Waals surface area contributed by atoms with Gasteiger partial charge in [-0.05, 0) is 41.8 Å². The third-order valence-corrected chi connectivity index (χ3v) is 5.88. The first-order chi connectivity index (χ1) is 12.4. The van der Waals surface area contributed by atoms with Crippen LogP contribution in [0.25, 0.3) is 0 Å². The highest BCUT2D eigenvalue weighted by Crippen LogP contribution is 2.15. The molecule has 0 amide bonds. The number of unbranched alkanes of at least 4 members (excludes halogenated alkanes) is 1. The highest BCUT2D eigenvalue weighted by Gasteiger charge is 2.16. The Kier molecular flexibility index (Phi) is 7.63. The van der Waals surface area contributed by atoms with Crippen molar-refractivity contribution in [1.82, 2.24) is 9.62 Å². The second-order valence-electron chi connectivity index (χ2n) is 6.38. The molecule has 142 valence electrons. The van der Waals surface area contributed by atoms with Crippen LogP contribution in [0.4, 0.5) is 0 Å². The van der Waals surface area contributed by atoms with Crippen LogP contribution in [0, 0.1) is 0 Å². The topological polar surface area (TPSA) is 58.6 Å². The average molecular weight is 377 g/mol. The molecule has 5 nitrogen and oxygen atoms in total. The molecule has 0 atom stereocenters. The molecule has 0 heterocycles. The number of hydrogen-bond donors (Lipinski definition) is 1. The van der Waals surface area contributed by atoms with Crippen molar-refractivity contribution in [1.29, 1.82) is 0 Å². The van der Waals surface area contributed by atoms with E-state index in [4.69, 9.17) is 4.74 Å². The number of sulfonamides is 1. The van der Waals surface area contributed by atoms with Crippen LogP contribution in [0.5, 0.6) is 5.75 Å². The summed E-state index contributed by atoms with van der Waals surface area (Å²) in [6.45, 7) is 4.32. The molecule has 0 spiro atoms. The van der Waals surface area contributed by atoms with E-state index in [2.05, 4.69) is 24.4 Å². The zero-order valence-corrected chi connectivity index (χ0v) is 16.6. The Labute approximate surface area is 157 Å². The van der Waals surface area contributed by atoms with Crippen molar-refractivity contribution in [3.8, 4) is 5.75 Å². The highest BCUT2D eigenvalue weighted by atomic mass is 32.2. The van der Waals surface area contributed by atoms with Gasteiger partial charge in [0.25, 0.3) is 0 Å². The number of hydrogen-bond acceptors (Lipinski definition) is 4. The van der Waals surface area contributed by atoms with Gasteiger partial charge in [-0.1, -0.05) is 37.6 Å². The van der Waals surface area contributed by atoms with E-state index >= 15 is 0 Å². The van der Waals surface area contributed by atoms with Crippen molar-refractivity contribution < 1.29 is 13.2 Å². The van der Waals surface area contributed by atoms with Crippen LogP contribution in [-0.4, -0.2) is 33.4 Å². The Balaban J connectivity index is 1.82. The monoisotopic (exact) mass is 376 g/mol. The summed E-state index contributed by atoms with van der Waals surface area (Å²) in [6.07, 6.45) is 2.20. The Morgan fingerprint density at radius 2 is 1.46 bits per heavy atom. The second kappa shape index (κ2) is 9.71. The Morgan fingerprint density at radius 3 is 1.96 bits per heavy atom. The standard InChI is InChI=1S/C20H28N2O3S/c1-4-5-14-25-19-10-6-17(7-11-19)15-21-16-18-8-12-20(13-9-18)26(23,24)22(2)3/h6-13,21H,4-5,14-16H2,1-3H3. The number of ether oxygens (including phenoxy) is 1. The first-order valence-corrected chi connectivity index (χ1v) is 10.3. The van der Waals surface area contributed by atoms with Gasteiger partial charge >= 0.3 is 0 Å². The van der Waals surface area contributed by atoms with Gasteiger partial charge in [-0.25, -0.2) is 12.7 Å². The van der Waals surface area contributed by atoms with Crippen LogP contribution in [0.3, 0.4) is 0 Å². The van der Waals surface area contributed by atoms with Gasteiger partial charge in [-0.2, -0.15) is 0 Å². The molecule has 0 unspecified atom stereocenters. The van der Waals surface area contributed by atoms with E-state index in [9.17, 15) is 8.42 Å². The van der Waals surface area contributed by atoms with Crippen LogP contribution in [0.15, 0.2) is 53.4 Å². The lowest BCUT2D eigenvalue weighted by molar-refractivity contribution is 0.309. The lowest BCUT2D eigenvalue weighted by atomic mass is 10.2. The van der Waals surface area contributed by atoms with Gasteiger partial charge < -0.3 is 10.1 Å². The third-order valence-electron chi connectivity index (χ3n) is 4.05. The molecule has 0 saturated carbocycles. The van der Waals surface area contributed by atoms with Crippen LogP contribution < -0.4 is 10.1 Å². The zero-order chi connectivity index (χ0) is 19.0. The summed E-state index contributed by atoms with van der Waals surface area (Å²) in [5.41, 5.74) is 2.22. The minimum absolute atomic E-state index is 0.310. The normalized spacial score (nSPS) is 11.7. The van der Waals surface area contributed by atoms with Crippen molar-refractivity contribution in [2.75, 3.05) is 20.7 Å². The van der Waals surface area contributed by atoms with E-state index in [1.54, 1.807) is 12.1 Å². The van der Waals surface area contributed by atoms with E-state index in [-0.39, 0.29) is 0 Å². The lowest BCUT2D eigenvalue weighted by Crippen LogP contribution is -2.22. The predicted molar refractivity (Wildman–Crippen MR) is 105 cm³/mol. The molecule has 6 heteroatoms. The van der Waals surface area contributed by atoms with Crippen molar-refractivity contribution in [2.24, 2.45) is 0 Å². The molecule has 0 saturated heterocycles. The maximum atomic E-state index is 12.1. The van der Waals surface area contributed by atoms with Gasteiger partial charge in [0.05, 0.1) is 11.5 Å². The van der Waals surface area contributed by atoms with Crippen molar-refractivity contribution in [3.63, 3.8) is 0 Å². The summed E-state index contributed by atoms with van der Waals surface area (Å²) in [6, 6.07) is 15.1. The summed E-state index contributed by atoms with van der Waals surface area (Å²) in [4.78, 5) is 0.310. The SMILES string of the molecule is CCCCOc1ccc(CNCc2ccc(S(=O)(=O)N(C)C)cc2)cc1. The van der Waals surface area contributed by atoms with E-state index in [0.29, 0.717) is 11.4 Å². The largest absolute Gasteiger partial charge is 0.494 e. The molecule has 0 radical (unpaired) electrons. The van der Waals surface area contributed by atoms with Crippen LogP contribution in [0.1, 0.15) is 30.9 Å². The van der Waals surface area contributed by atoms with Gasteiger partial charge in [-0.3, -0.25) is 0 Å². The molecule has 1 N–H and O–H groups in total. The summed E-state index contributed by atoms with van der Waals surface area (Å²) in [7, 11) is -0.303. The fourth-order valence-corrected chi connectivity index (χ4v) is 3.28.